The number of nitriles is 1. The molecule has 0 aromatic heterocycles. The van der Waals surface area contributed by atoms with Crippen molar-refractivity contribution in [1.29, 1.82) is 5.26 Å². The van der Waals surface area contributed by atoms with E-state index >= 15 is 0 Å². The normalized spacial score (nSPS) is 11.7. The lowest BCUT2D eigenvalue weighted by atomic mass is 9.95. The highest BCUT2D eigenvalue weighted by molar-refractivity contribution is 8.13. The van der Waals surface area contributed by atoms with Gasteiger partial charge in [-0.2, -0.15) is 5.26 Å². The van der Waals surface area contributed by atoms with E-state index in [0.717, 1.165) is 0 Å². The molecule has 0 unspecified atom stereocenters. The number of amides is 1. The van der Waals surface area contributed by atoms with Crippen molar-refractivity contribution in [2.45, 2.75) is 20.8 Å². The van der Waals surface area contributed by atoms with E-state index in [1.807, 2.05) is 33.2 Å². The van der Waals surface area contributed by atoms with Crippen molar-refractivity contribution in [2.24, 2.45) is 10.4 Å². The van der Waals surface area contributed by atoms with Crippen molar-refractivity contribution in [3.05, 3.63) is 23.2 Å². The zero-order chi connectivity index (χ0) is 16.0. The Bertz CT molecular complexity index is 602. The average molecular weight is 325 g/mol. The summed E-state index contributed by atoms with van der Waals surface area (Å²) in [6.07, 6.45) is 3.62. The molecule has 21 heavy (non-hydrogen) atoms. The van der Waals surface area contributed by atoms with E-state index < -0.39 is 5.41 Å². The fourth-order valence-electron chi connectivity index (χ4n) is 1.27. The number of halogens is 1. The second-order valence-electron chi connectivity index (χ2n) is 5.23. The second-order valence-corrected chi connectivity index (χ2v) is 6.43. The summed E-state index contributed by atoms with van der Waals surface area (Å²) in [6.45, 7) is 5.48. The summed E-state index contributed by atoms with van der Waals surface area (Å²) in [5, 5.41) is 14.7. The Balaban J connectivity index is 2.96. The van der Waals surface area contributed by atoms with Crippen LogP contribution in [-0.2, 0) is 4.79 Å². The van der Waals surface area contributed by atoms with Crippen LogP contribution >= 0.6 is 23.4 Å². The standard InChI is InChI=1S/C14H17ClN4OS/c1-14(2,3)12(20)19-11-6-5-9(7-10(11)15)18-13(21-4)17-8-16/h5-7H,1-4H3,(H,17,18)(H,19,20). The summed E-state index contributed by atoms with van der Waals surface area (Å²) in [7, 11) is 0. The molecule has 1 aromatic carbocycles. The highest BCUT2D eigenvalue weighted by Crippen LogP contribution is 2.29. The molecule has 2 N–H and O–H groups in total. The van der Waals surface area contributed by atoms with Gasteiger partial charge >= 0.3 is 0 Å². The first-order valence-corrected chi connectivity index (χ1v) is 7.77. The van der Waals surface area contributed by atoms with E-state index in [0.29, 0.717) is 21.6 Å². The predicted molar refractivity (Wildman–Crippen MR) is 88.9 cm³/mol. The number of hydrogen-bond donors (Lipinski definition) is 2. The number of nitrogens with zero attached hydrogens (tertiary/aromatic N) is 2. The number of hydrogen-bond acceptors (Lipinski definition) is 4. The molecule has 0 saturated heterocycles. The van der Waals surface area contributed by atoms with Gasteiger partial charge in [-0.05, 0) is 24.5 Å². The smallest absolute Gasteiger partial charge is 0.229 e. The van der Waals surface area contributed by atoms with Crippen molar-refractivity contribution < 1.29 is 4.79 Å². The van der Waals surface area contributed by atoms with E-state index in [2.05, 4.69) is 15.6 Å². The Morgan fingerprint density at radius 2 is 2.10 bits per heavy atom. The molecule has 0 spiro atoms. The van der Waals surface area contributed by atoms with Crippen LogP contribution in [0.2, 0.25) is 5.02 Å². The third kappa shape index (κ3) is 5.29. The molecule has 1 aromatic rings. The number of aliphatic imine (C=N–C) groups is 1. The minimum Gasteiger partial charge on any atom is -0.324 e. The van der Waals surface area contributed by atoms with Crippen LogP contribution < -0.4 is 10.6 Å². The fourth-order valence-corrected chi connectivity index (χ4v) is 1.84. The second kappa shape index (κ2) is 7.34. The molecule has 0 aliphatic heterocycles. The van der Waals surface area contributed by atoms with Crippen LogP contribution in [0, 0.1) is 16.9 Å². The number of carbonyl (C=O) groups excluding carboxylic acids is 1. The van der Waals surface area contributed by atoms with Crippen molar-refractivity contribution >= 4 is 45.8 Å². The summed E-state index contributed by atoms with van der Waals surface area (Å²) in [6, 6.07) is 5.05. The van der Waals surface area contributed by atoms with Gasteiger partial charge in [0.1, 0.15) is 0 Å². The molecule has 0 heterocycles. The topological polar surface area (TPSA) is 77.3 Å². The van der Waals surface area contributed by atoms with E-state index in [9.17, 15) is 4.79 Å². The maximum Gasteiger partial charge on any atom is 0.229 e. The Morgan fingerprint density at radius 1 is 1.43 bits per heavy atom. The van der Waals surface area contributed by atoms with Crippen LogP contribution in [0.4, 0.5) is 11.4 Å². The molecule has 7 heteroatoms. The van der Waals surface area contributed by atoms with Gasteiger partial charge in [-0.25, -0.2) is 4.99 Å². The first kappa shape index (κ1) is 17.3. The molecule has 0 bridgehead atoms. The average Bonchev–Trinajstić information content (AvgIpc) is 2.40. The SMILES string of the molecule is CSC(=Nc1ccc(NC(=O)C(C)(C)C)c(Cl)c1)NC#N. The van der Waals surface area contributed by atoms with Crippen LogP contribution in [0.25, 0.3) is 0 Å². The number of thioether (sulfide) groups is 1. The van der Waals surface area contributed by atoms with Crippen LogP contribution in [0.15, 0.2) is 23.2 Å². The molecule has 0 aliphatic rings. The molecule has 1 amide bonds. The van der Waals surface area contributed by atoms with E-state index in [1.165, 1.54) is 11.8 Å². The highest BCUT2D eigenvalue weighted by atomic mass is 35.5. The number of anilines is 1. The van der Waals surface area contributed by atoms with Crippen molar-refractivity contribution in [2.75, 3.05) is 11.6 Å². The minimum atomic E-state index is -0.497. The first-order valence-electron chi connectivity index (χ1n) is 6.16. The van der Waals surface area contributed by atoms with Gasteiger partial charge < -0.3 is 5.32 Å². The minimum absolute atomic E-state index is 0.114. The van der Waals surface area contributed by atoms with E-state index in [-0.39, 0.29) is 5.91 Å². The molecule has 0 saturated carbocycles. The molecular weight excluding hydrogens is 308 g/mol. The molecule has 5 nitrogen and oxygen atoms in total. The predicted octanol–water partition coefficient (Wildman–Crippen LogP) is 3.75. The number of rotatable bonds is 2. The van der Waals surface area contributed by atoms with Gasteiger partial charge in [0.15, 0.2) is 11.4 Å². The lowest BCUT2D eigenvalue weighted by molar-refractivity contribution is -0.123. The van der Waals surface area contributed by atoms with Gasteiger partial charge in [0.05, 0.1) is 16.4 Å². The largest absolute Gasteiger partial charge is 0.324 e. The fraction of sp³-hybridized carbons (Fsp3) is 0.357. The zero-order valence-electron chi connectivity index (χ0n) is 12.3. The number of carbonyl (C=O) groups is 1. The molecular formula is C14H17ClN4OS. The lowest BCUT2D eigenvalue weighted by Crippen LogP contribution is -2.27. The summed E-state index contributed by atoms with van der Waals surface area (Å²) in [5.74, 6) is -0.114. The summed E-state index contributed by atoms with van der Waals surface area (Å²) >= 11 is 7.47. The monoisotopic (exact) mass is 324 g/mol. The molecule has 112 valence electrons. The summed E-state index contributed by atoms with van der Waals surface area (Å²) in [4.78, 5) is 16.2. The summed E-state index contributed by atoms with van der Waals surface area (Å²) in [5.41, 5.74) is 0.637. The third-order valence-electron chi connectivity index (χ3n) is 2.47. The van der Waals surface area contributed by atoms with Crippen LogP contribution in [0.3, 0.4) is 0 Å². The molecule has 1 rings (SSSR count). The molecule has 0 radical (unpaired) electrons. The Labute approximate surface area is 133 Å². The Hall–Kier alpha value is -1.71. The third-order valence-corrected chi connectivity index (χ3v) is 3.36. The summed E-state index contributed by atoms with van der Waals surface area (Å²) < 4.78 is 0. The Morgan fingerprint density at radius 3 is 2.57 bits per heavy atom. The quantitative estimate of drug-likeness (QED) is 0.376. The molecule has 0 atom stereocenters. The van der Waals surface area contributed by atoms with Gasteiger partial charge in [0, 0.05) is 5.41 Å². The van der Waals surface area contributed by atoms with E-state index in [1.54, 1.807) is 18.2 Å². The van der Waals surface area contributed by atoms with E-state index in [4.69, 9.17) is 16.9 Å². The number of nitrogens with one attached hydrogen (secondary N) is 2. The van der Waals surface area contributed by atoms with Gasteiger partial charge in [-0.3, -0.25) is 10.1 Å². The first-order chi connectivity index (χ1) is 9.77. The zero-order valence-corrected chi connectivity index (χ0v) is 13.9. The van der Waals surface area contributed by atoms with Crippen LogP contribution in [0.5, 0.6) is 0 Å². The lowest BCUT2D eigenvalue weighted by Gasteiger charge is -2.18. The Kier molecular flexibility index (Phi) is 6.06. The van der Waals surface area contributed by atoms with Crippen LogP contribution in [0.1, 0.15) is 20.8 Å². The van der Waals surface area contributed by atoms with Gasteiger partial charge in [-0.1, -0.05) is 44.1 Å². The number of benzene rings is 1. The maximum absolute atomic E-state index is 11.9. The molecule has 0 aliphatic carbocycles. The maximum atomic E-state index is 11.9. The van der Waals surface area contributed by atoms with Crippen LogP contribution in [-0.4, -0.2) is 17.3 Å². The van der Waals surface area contributed by atoms with Crippen molar-refractivity contribution in [3.8, 4) is 6.19 Å². The van der Waals surface area contributed by atoms with Gasteiger partial charge in [0.2, 0.25) is 5.91 Å². The number of amidine groups is 1. The van der Waals surface area contributed by atoms with Crippen molar-refractivity contribution in [3.63, 3.8) is 0 Å². The van der Waals surface area contributed by atoms with Gasteiger partial charge in [0.25, 0.3) is 0 Å². The molecule has 0 fully saturated rings. The van der Waals surface area contributed by atoms with Gasteiger partial charge in [-0.15, -0.1) is 0 Å². The highest BCUT2D eigenvalue weighted by Gasteiger charge is 2.21. The van der Waals surface area contributed by atoms with Crippen molar-refractivity contribution in [1.82, 2.24) is 5.32 Å².